The molecule has 1 N–H and O–H groups in total. The molecule has 0 saturated carbocycles. The Labute approximate surface area is 194 Å². The van der Waals surface area contributed by atoms with Gasteiger partial charge in [-0.15, -0.1) is 0 Å². The van der Waals surface area contributed by atoms with Crippen molar-refractivity contribution in [3.05, 3.63) is 71.8 Å². The van der Waals surface area contributed by atoms with Gasteiger partial charge in [-0.05, 0) is 24.0 Å². The van der Waals surface area contributed by atoms with Crippen molar-refractivity contribution in [1.82, 2.24) is 14.7 Å². The fraction of sp³-hybridized carbons (Fsp3) is 0.462. The standard InChI is InChI=1S/C26H31N3O4/c30-25(23-12-7-15-33-23)27-13-14-29-21(16-27)17-28(26(31)32)18-22(29)24(19-8-3-1-4-9-19)20-10-5-2-6-11-20/h1-6,8-11,21-24H,7,12-18H2,(H,31,32)/t21-,22?,23+/m0/s1. The van der Waals surface area contributed by atoms with E-state index in [1.165, 1.54) is 16.0 Å². The average Bonchev–Trinajstić information content (AvgIpc) is 3.39. The Morgan fingerprint density at radius 3 is 2.09 bits per heavy atom. The summed E-state index contributed by atoms with van der Waals surface area (Å²) < 4.78 is 5.63. The number of benzene rings is 2. The molecule has 3 fully saturated rings. The van der Waals surface area contributed by atoms with E-state index in [0.717, 1.165) is 19.4 Å². The summed E-state index contributed by atoms with van der Waals surface area (Å²) in [6.45, 7) is 3.42. The number of hydrogen-bond donors (Lipinski definition) is 1. The Bertz CT molecular complexity index is 925. The zero-order chi connectivity index (χ0) is 22.8. The van der Waals surface area contributed by atoms with Gasteiger partial charge >= 0.3 is 6.09 Å². The van der Waals surface area contributed by atoms with Crippen molar-refractivity contribution in [2.45, 2.75) is 36.9 Å². The fourth-order valence-electron chi connectivity index (χ4n) is 5.71. The summed E-state index contributed by atoms with van der Waals surface area (Å²) in [5.74, 6) is 0.0938. The van der Waals surface area contributed by atoms with Crippen LogP contribution in [-0.2, 0) is 9.53 Å². The zero-order valence-corrected chi connectivity index (χ0v) is 18.8. The highest BCUT2D eigenvalue weighted by Crippen LogP contribution is 2.36. The monoisotopic (exact) mass is 449 g/mol. The number of fused-ring (bicyclic) bond motifs is 1. The third-order valence-electron chi connectivity index (χ3n) is 7.28. The summed E-state index contributed by atoms with van der Waals surface area (Å²) in [6, 6.07) is 20.6. The maximum Gasteiger partial charge on any atom is 0.407 e. The van der Waals surface area contributed by atoms with Crippen LogP contribution in [0.1, 0.15) is 29.9 Å². The summed E-state index contributed by atoms with van der Waals surface area (Å²) in [6.07, 6.45) is 0.456. The summed E-state index contributed by atoms with van der Waals surface area (Å²) in [7, 11) is 0. The van der Waals surface area contributed by atoms with Gasteiger partial charge in [-0.2, -0.15) is 0 Å². The van der Waals surface area contributed by atoms with E-state index in [4.69, 9.17) is 4.74 Å². The Balaban J connectivity index is 1.45. The van der Waals surface area contributed by atoms with Crippen molar-refractivity contribution in [1.29, 1.82) is 0 Å². The van der Waals surface area contributed by atoms with Crippen LogP contribution in [0.25, 0.3) is 0 Å². The molecular weight excluding hydrogens is 418 g/mol. The van der Waals surface area contributed by atoms with Crippen LogP contribution < -0.4 is 0 Å². The minimum atomic E-state index is -0.901. The summed E-state index contributed by atoms with van der Waals surface area (Å²) in [5.41, 5.74) is 2.36. The SMILES string of the molecule is O=C(O)N1CC(C(c2ccccc2)c2ccccc2)N2CCN(C(=O)[C@H]3CCCO3)C[C@H]2C1. The molecule has 2 aromatic rings. The van der Waals surface area contributed by atoms with Gasteiger partial charge in [-0.25, -0.2) is 4.79 Å². The van der Waals surface area contributed by atoms with Crippen molar-refractivity contribution in [2.75, 3.05) is 39.3 Å². The van der Waals surface area contributed by atoms with E-state index >= 15 is 0 Å². The molecule has 33 heavy (non-hydrogen) atoms. The first-order valence-electron chi connectivity index (χ1n) is 11.9. The minimum Gasteiger partial charge on any atom is -0.465 e. The molecule has 0 aliphatic carbocycles. The summed E-state index contributed by atoms with van der Waals surface area (Å²) >= 11 is 0. The van der Waals surface area contributed by atoms with Crippen LogP contribution in [0.2, 0.25) is 0 Å². The first kappa shape index (κ1) is 21.9. The zero-order valence-electron chi connectivity index (χ0n) is 18.8. The van der Waals surface area contributed by atoms with Crippen LogP contribution in [0.3, 0.4) is 0 Å². The molecule has 174 valence electrons. The van der Waals surface area contributed by atoms with Crippen molar-refractivity contribution >= 4 is 12.0 Å². The summed E-state index contributed by atoms with van der Waals surface area (Å²) in [5, 5.41) is 9.92. The van der Waals surface area contributed by atoms with Gasteiger partial charge in [0.25, 0.3) is 5.91 Å². The quantitative estimate of drug-likeness (QED) is 0.777. The summed E-state index contributed by atoms with van der Waals surface area (Å²) in [4.78, 5) is 31.0. The predicted molar refractivity (Wildman–Crippen MR) is 124 cm³/mol. The Kier molecular flexibility index (Phi) is 6.33. The maximum absolute atomic E-state index is 13.0. The number of piperazine rings is 2. The molecule has 7 heteroatoms. The second-order valence-electron chi connectivity index (χ2n) is 9.23. The van der Waals surface area contributed by atoms with Crippen LogP contribution in [0.15, 0.2) is 60.7 Å². The largest absolute Gasteiger partial charge is 0.465 e. The van der Waals surface area contributed by atoms with E-state index in [9.17, 15) is 14.7 Å². The molecule has 3 heterocycles. The molecule has 0 bridgehead atoms. The van der Waals surface area contributed by atoms with Gasteiger partial charge in [0, 0.05) is 57.3 Å². The minimum absolute atomic E-state index is 0.00960. The molecule has 0 spiro atoms. The molecule has 3 aliphatic heterocycles. The topological polar surface area (TPSA) is 73.3 Å². The lowest BCUT2D eigenvalue weighted by Gasteiger charge is -2.53. The molecule has 0 radical (unpaired) electrons. The second-order valence-corrected chi connectivity index (χ2v) is 9.23. The molecule has 7 nitrogen and oxygen atoms in total. The van der Waals surface area contributed by atoms with Gasteiger partial charge in [0.2, 0.25) is 0 Å². The van der Waals surface area contributed by atoms with E-state index in [-0.39, 0.29) is 30.0 Å². The van der Waals surface area contributed by atoms with Gasteiger partial charge in [0.05, 0.1) is 0 Å². The van der Waals surface area contributed by atoms with Gasteiger partial charge in [-0.1, -0.05) is 60.7 Å². The number of carboxylic acid groups (broad SMARTS) is 1. The Morgan fingerprint density at radius 1 is 0.879 bits per heavy atom. The van der Waals surface area contributed by atoms with Gasteiger partial charge < -0.3 is 19.6 Å². The smallest absolute Gasteiger partial charge is 0.407 e. The van der Waals surface area contributed by atoms with Gasteiger partial charge in [0.1, 0.15) is 6.10 Å². The Morgan fingerprint density at radius 2 is 1.52 bits per heavy atom. The molecule has 3 aliphatic rings. The predicted octanol–water partition coefficient (Wildman–Crippen LogP) is 2.87. The third kappa shape index (κ3) is 4.48. The number of amides is 2. The van der Waals surface area contributed by atoms with Crippen molar-refractivity contribution < 1.29 is 19.4 Å². The van der Waals surface area contributed by atoms with E-state index in [0.29, 0.717) is 32.8 Å². The second kappa shape index (κ2) is 9.53. The highest BCUT2D eigenvalue weighted by molar-refractivity contribution is 5.81. The van der Waals surface area contributed by atoms with Crippen molar-refractivity contribution in [2.24, 2.45) is 0 Å². The number of hydrogen-bond acceptors (Lipinski definition) is 4. The molecule has 3 saturated heterocycles. The average molecular weight is 450 g/mol. The van der Waals surface area contributed by atoms with Gasteiger partial charge in [-0.3, -0.25) is 9.69 Å². The normalized spacial score (nSPS) is 25.8. The molecule has 0 aromatic heterocycles. The van der Waals surface area contributed by atoms with E-state index in [1.54, 1.807) is 0 Å². The lowest BCUT2D eigenvalue weighted by atomic mass is 9.82. The van der Waals surface area contributed by atoms with Crippen LogP contribution >= 0.6 is 0 Å². The lowest BCUT2D eigenvalue weighted by molar-refractivity contribution is -0.146. The molecule has 1 unspecified atom stereocenters. The maximum atomic E-state index is 13.0. The van der Waals surface area contributed by atoms with Crippen molar-refractivity contribution in [3.8, 4) is 0 Å². The molecular formula is C26H31N3O4. The number of ether oxygens (including phenoxy) is 1. The molecule has 2 amide bonds. The van der Waals surface area contributed by atoms with Crippen molar-refractivity contribution in [3.63, 3.8) is 0 Å². The third-order valence-corrected chi connectivity index (χ3v) is 7.28. The number of carbonyl (C=O) groups excluding carboxylic acids is 1. The number of nitrogens with zero attached hydrogens (tertiary/aromatic N) is 3. The number of rotatable bonds is 4. The first-order chi connectivity index (χ1) is 16.1. The first-order valence-corrected chi connectivity index (χ1v) is 11.9. The molecule has 3 atom stereocenters. The molecule has 5 rings (SSSR count). The van der Waals surface area contributed by atoms with Gasteiger partial charge in [0.15, 0.2) is 0 Å². The fourth-order valence-corrected chi connectivity index (χ4v) is 5.71. The Hall–Kier alpha value is -2.90. The van der Waals surface area contributed by atoms with Crippen LogP contribution in [0, 0.1) is 0 Å². The number of carbonyl (C=O) groups is 2. The van der Waals surface area contributed by atoms with E-state index in [1.807, 2.05) is 41.3 Å². The highest BCUT2D eigenvalue weighted by atomic mass is 16.5. The van der Waals surface area contributed by atoms with E-state index < -0.39 is 6.09 Å². The molecule has 2 aromatic carbocycles. The van der Waals surface area contributed by atoms with Crippen LogP contribution in [-0.4, -0.2) is 89.3 Å². The van der Waals surface area contributed by atoms with Crippen LogP contribution in [0.4, 0.5) is 4.79 Å². The lowest BCUT2D eigenvalue weighted by Crippen LogP contribution is -2.68. The van der Waals surface area contributed by atoms with Crippen LogP contribution in [0.5, 0.6) is 0 Å². The van der Waals surface area contributed by atoms with E-state index in [2.05, 4.69) is 29.2 Å². The highest BCUT2D eigenvalue weighted by Gasteiger charge is 2.45.